The lowest BCUT2D eigenvalue weighted by atomic mass is 10.0. The van der Waals surface area contributed by atoms with Crippen molar-refractivity contribution in [2.75, 3.05) is 20.2 Å². The Kier molecular flexibility index (Phi) is 8.56. The predicted molar refractivity (Wildman–Crippen MR) is 71.4 cm³/mol. The molecule has 1 aliphatic heterocycles. The molecular weight excluding hydrogens is 240 g/mol. The van der Waals surface area contributed by atoms with Crippen LogP contribution in [0.25, 0.3) is 0 Å². The fourth-order valence-electron chi connectivity index (χ4n) is 1.90. The van der Waals surface area contributed by atoms with E-state index in [1.165, 1.54) is 6.42 Å². The molecular formula is C12H25ClN2O2. The van der Waals surface area contributed by atoms with Gasteiger partial charge in [-0.25, -0.2) is 0 Å². The number of nitrogens with two attached hydrogens (primary N) is 1. The molecule has 102 valence electrons. The molecule has 1 rings (SSSR count). The monoisotopic (exact) mass is 264 g/mol. The van der Waals surface area contributed by atoms with E-state index in [4.69, 9.17) is 10.5 Å². The Balaban J connectivity index is 0.00000256. The van der Waals surface area contributed by atoms with Gasteiger partial charge in [-0.2, -0.15) is 0 Å². The number of likely N-dealkylation sites (N-methyl/N-ethyl adjacent to an activating group) is 1. The third-order valence-corrected chi connectivity index (χ3v) is 3.35. The van der Waals surface area contributed by atoms with Crippen molar-refractivity contribution in [2.24, 2.45) is 5.73 Å². The van der Waals surface area contributed by atoms with E-state index >= 15 is 0 Å². The second kappa shape index (κ2) is 8.72. The van der Waals surface area contributed by atoms with Gasteiger partial charge in [-0.1, -0.05) is 0 Å². The first-order valence-corrected chi connectivity index (χ1v) is 6.22. The van der Waals surface area contributed by atoms with Gasteiger partial charge < -0.3 is 15.4 Å². The number of amides is 1. The Bertz CT molecular complexity index is 221. The normalized spacial score (nSPS) is 21.5. The van der Waals surface area contributed by atoms with E-state index in [0.717, 1.165) is 25.9 Å². The number of nitrogens with zero attached hydrogens (tertiary/aromatic N) is 1. The van der Waals surface area contributed by atoms with Gasteiger partial charge in [0.1, 0.15) is 0 Å². The van der Waals surface area contributed by atoms with Crippen molar-refractivity contribution in [2.45, 2.75) is 51.2 Å². The number of ether oxygens (including phenoxy) is 1. The van der Waals surface area contributed by atoms with Gasteiger partial charge in [0.15, 0.2) is 0 Å². The van der Waals surface area contributed by atoms with Crippen LogP contribution >= 0.6 is 12.4 Å². The van der Waals surface area contributed by atoms with Crippen LogP contribution < -0.4 is 5.73 Å². The summed E-state index contributed by atoms with van der Waals surface area (Å²) in [5.41, 5.74) is 5.53. The van der Waals surface area contributed by atoms with Crippen LogP contribution in [0.2, 0.25) is 0 Å². The van der Waals surface area contributed by atoms with Gasteiger partial charge in [-0.05, 0) is 32.6 Å². The summed E-state index contributed by atoms with van der Waals surface area (Å²) in [5.74, 6) is 0.173. The molecule has 2 unspecified atom stereocenters. The lowest BCUT2D eigenvalue weighted by Gasteiger charge is -2.26. The van der Waals surface area contributed by atoms with Crippen molar-refractivity contribution in [3.63, 3.8) is 0 Å². The van der Waals surface area contributed by atoms with Crippen molar-refractivity contribution >= 4 is 18.3 Å². The molecule has 1 fully saturated rings. The minimum atomic E-state index is 0. The van der Waals surface area contributed by atoms with E-state index in [9.17, 15) is 4.79 Å². The second-order valence-corrected chi connectivity index (χ2v) is 4.62. The highest BCUT2D eigenvalue weighted by Gasteiger charge is 2.18. The first kappa shape index (κ1) is 16.7. The van der Waals surface area contributed by atoms with Crippen LogP contribution in [0.5, 0.6) is 0 Å². The van der Waals surface area contributed by atoms with E-state index in [-0.39, 0.29) is 24.4 Å². The number of hydrogen-bond donors (Lipinski definition) is 1. The summed E-state index contributed by atoms with van der Waals surface area (Å²) < 4.78 is 5.60. The molecule has 2 atom stereocenters. The predicted octanol–water partition coefficient (Wildman–Crippen LogP) is 1.56. The van der Waals surface area contributed by atoms with E-state index in [1.807, 2.05) is 14.0 Å². The SMILES string of the molecule is CC(CN)N(C)C(=O)CCC1CCCCO1.Cl. The van der Waals surface area contributed by atoms with Gasteiger partial charge in [0, 0.05) is 32.7 Å². The summed E-state index contributed by atoms with van der Waals surface area (Å²) >= 11 is 0. The second-order valence-electron chi connectivity index (χ2n) is 4.62. The molecule has 0 saturated carbocycles. The average Bonchev–Trinajstić information content (AvgIpc) is 2.35. The highest BCUT2D eigenvalue weighted by Crippen LogP contribution is 2.17. The molecule has 2 N–H and O–H groups in total. The lowest BCUT2D eigenvalue weighted by Crippen LogP contribution is -2.40. The van der Waals surface area contributed by atoms with Crippen molar-refractivity contribution in [3.05, 3.63) is 0 Å². The molecule has 5 heteroatoms. The van der Waals surface area contributed by atoms with Crippen LogP contribution in [0.3, 0.4) is 0 Å². The van der Waals surface area contributed by atoms with E-state index < -0.39 is 0 Å². The molecule has 0 aromatic heterocycles. The molecule has 0 bridgehead atoms. The maximum absolute atomic E-state index is 11.8. The molecule has 1 aliphatic rings. The minimum Gasteiger partial charge on any atom is -0.378 e. The number of halogens is 1. The van der Waals surface area contributed by atoms with Gasteiger partial charge >= 0.3 is 0 Å². The Labute approximate surface area is 110 Å². The summed E-state index contributed by atoms with van der Waals surface area (Å²) in [6, 6.07) is 0.125. The number of rotatable bonds is 5. The smallest absolute Gasteiger partial charge is 0.222 e. The molecule has 0 aliphatic carbocycles. The first-order chi connectivity index (χ1) is 7.65. The number of carbonyl (C=O) groups is 1. The van der Waals surface area contributed by atoms with Crippen LogP contribution in [-0.2, 0) is 9.53 Å². The largest absolute Gasteiger partial charge is 0.378 e. The molecule has 4 nitrogen and oxygen atoms in total. The van der Waals surface area contributed by atoms with Crippen LogP contribution in [0, 0.1) is 0 Å². The Morgan fingerprint density at radius 3 is 2.76 bits per heavy atom. The van der Waals surface area contributed by atoms with Gasteiger partial charge in [0.25, 0.3) is 0 Å². The molecule has 0 aromatic rings. The Morgan fingerprint density at radius 2 is 2.24 bits per heavy atom. The van der Waals surface area contributed by atoms with Crippen LogP contribution in [0.1, 0.15) is 39.0 Å². The summed E-state index contributed by atoms with van der Waals surface area (Å²) in [6.45, 7) is 3.34. The van der Waals surface area contributed by atoms with E-state index in [0.29, 0.717) is 19.1 Å². The zero-order valence-electron chi connectivity index (χ0n) is 10.9. The van der Waals surface area contributed by atoms with E-state index in [2.05, 4.69) is 0 Å². The highest BCUT2D eigenvalue weighted by atomic mass is 35.5. The third-order valence-electron chi connectivity index (χ3n) is 3.35. The van der Waals surface area contributed by atoms with E-state index in [1.54, 1.807) is 4.90 Å². The van der Waals surface area contributed by atoms with Crippen LogP contribution in [0.15, 0.2) is 0 Å². The molecule has 1 amide bonds. The number of hydrogen-bond acceptors (Lipinski definition) is 3. The summed E-state index contributed by atoms with van der Waals surface area (Å²) in [6.07, 6.45) is 5.21. The van der Waals surface area contributed by atoms with Gasteiger partial charge in [0.05, 0.1) is 6.10 Å². The van der Waals surface area contributed by atoms with Gasteiger partial charge in [0.2, 0.25) is 5.91 Å². The fourth-order valence-corrected chi connectivity index (χ4v) is 1.90. The first-order valence-electron chi connectivity index (χ1n) is 6.22. The summed E-state index contributed by atoms with van der Waals surface area (Å²) in [7, 11) is 1.82. The lowest BCUT2D eigenvalue weighted by molar-refractivity contribution is -0.132. The maximum Gasteiger partial charge on any atom is 0.222 e. The van der Waals surface area contributed by atoms with Gasteiger partial charge in [-0.3, -0.25) is 4.79 Å². The summed E-state index contributed by atoms with van der Waals surface area (Å²) in [4.78, 5) is 13.5. The molecule has 1 saturated heterocycles. The molecule has 0 spiro atoms. The van der Waals surface area contributed by atoms with Crippen molar-refractivity contribution < 1.29 is 9.53 Å². The third kappa shape index (κ3) is 5.70. The minimum absolute atomic E-state index is 0. The zero-order valence-corrected chi connectivity index (χ0v) is 11.7. The summed E-state index contributed by atoms with van der Waals surface area (Å²) in [5, 5.41) is 0. The Hall–Kier alpha value is -0.320. The molecule has 0 radical (unpaired) electrons. The van der Waals surface area contributed by atoms with Crippen LogP contribution in [-0.4, -0.2) is 43.2 Å². The molecule has 0 aromatic carbocycles. The highest BCUT2D eigenvalue weighted by molar-refractivity contribution is 5.85. The fraction of sp³-hybridized carbons (Fsp3) is 0.917. The van der Waals surface area contributed by atoms with Crippen LogP contribution in [0.4, 0.5) is 0 Å². The average molecular weight is 265 g/mol. The van der Waals surface area contributed by atoms with Crippen molar-refractivity contribution in [1.29, 1.82) is 0 Å². The quantitative estimate of drug-likeness (QED) is 0.820. The topological polar surface area (TPSA) is 55.6 Å². The van der Waals surface area contributed by atoms with Gasteiger partial charge in [-0.15, -0.1) is 12.4 Å². The molecule has 1 heterocycles. The Morgan fingerprint density at radius 1 is 1.53 bits per heavy atom. The zero-order chi connectivity index (χ0) is 12.0. The van der Waals surface area contributed by atoms with Crippen molar-refractivity contribution in [3.8, 4) is 0 Å². The van der Waals surface area contributed by atoms with Crippen molar-refractivity contribution in [1.82, 2.24) is 4.90 Å². The standard InChI is InChI=1S/C12H24N2O2.ClH/c1-10(9-13)14(2)12(15)7-6-11-5-3-4-8-16-11;/h10-11H,3-9,13H2,1-2H3;1H. The number of carbonyl (C=O) groups excluding carboxylic acids is 1. The molecule has 17 heavy (non-hydrogen) atoms. The maximum atomic E-state index is 11.8.